The maximum absolute atomic E-state index is 9.76. The molecule has 4 nitrogen and oxygen atoms in total. The Labute approximate surface area is 147 Å². The van der Waals surface area contributed by atoms with Crippen molar-refractivity contribution < 1.29 is 5.11 Å². The molecule has 0 bridgehead atoms. The highest BCUT2D eigenvalue weighted by atomic mass is 32.2. The van der Waals surface area contributed by atoms with Gasteiger partial charge in [0.1, 0.15) is 11.6 Å². The number of nitrogens with one attached hydrogen (secondary N) is 1. The van der Waals surface area contributed by atoms with Crippen LogP contribution in [0.4, 0.5) is 5.69 Å². The summed E-state index contributed by atoms with van der Waals surface area (Å²) in [5.74, 6) is 1.32. The van der Waals surface area contributed by atoms with Crippen LogP contribution in [0, 0.1) is 0 Å². The van der Waals surface area contributed by atoms with E-state index in [1.807, 2.05) is 19.9 Å². The molecule has 24 heavy (non-hydrogen) atoms. The highest BCUT2D eigenvalue weighted by molar-refractivity contribution is 7.99. The molecule has 2 aromatic rings. The summed E-state index contributed by atoms with van der Waals surface area (Å²) in [6.07, 6.45) is 0. The SMILES string of the molecule is CC.Oc1ccc2c(c1)Sc1ccccc1C(N1CCNCC1)=N2. The summed E-state index contributed by atoms with van der Waals surface area (Å²) in [4.78, 5) is 9.46. The second-order valence-electron chi connectivity index (χ2n) is 5.42. The van der Waals surface area contributed by atoms with Crippen LogP contribution in [0.15, 0.2) is 57.2 Å². The van der Waals surface area contributed by atoms with Gasteiger partial charge in [-0.1, -0.05) is 43.8 Å². The fourth-order valence-corrected chi connectivity index (χ4v) is 3.88. The van der Waals surface area contributed by atoms with Gasteiger partial charge in [-0.2, -0.15) is 0 Å². The third-order valence-corrected chi connectivity index (χ3v) is 5.06. The Morgan fingerprint density at radius 2 is 1.79 bits per heavy atom. The van der Waals surface area contributed by atoms with Gasteiger partial charge in [0.15, 0.2) is 0 Å². The minimum absolute atomic E-state index is 0.282. The third kappa shape index (κ3) is 3.42. The maximum Gasteiger partial charge on any atom is 0.137 e. The van der Waals surface area contributed by atoms with Crippen LogP contribution in [0.2, 0.25) is 0 Å². The number of nitrogens with zero attached hydrogens (tertiary/aromatic N) is 2. The quantitative estimate of drug-likeness (QED) is 0.764. The number of aromatic hydroxyl groups is 1. The van der Waals surface area contributed by atoms with E-state index in [9.17, 15) is 5.11 Å². The molecule has 1 saturated heterocycles. The maximum atomic E-state index is 9.76. The van der Waals surface area contributed by atoms with Gasteiger partial charge in [-0.05, 0) is 24.3 Å². The van der Waals surface area contributed by atoms with Crippen molar-refractivity contribution in [3.05, 3.63) is 48.0 Å². The average molecular weight is 341 g/mol. The Hall–Kier alpha value is -1.98. The normalized spacial score (nSPS) is 16.1. The summed E-state index contributed by atoms with van der Waals surface area (Å²) in [5, 5.41) is 13.1. The number of benzene rings is 2. The molecule has 2 heterocycles. The fourth-order valence-electron chi connectivity index (χ4n) is 2.83. The van der Waals surface area contributed by atoms with E-state index in [1.165, 1.54) is 10.5 Å². The summed E-state index contributed by atoms with van der Waals surface area (Å²) in [6, 6.07) is 13.8. The van der Waals surface area contributed by atoms with E-state index in [0.29, 0.717) is 0 Å². The predicted molar refractivity (Wildman–Crippen MR) is 101 cm³/mol. The van der Waals surface area contributed by atoms with Gasteiger partial charge >= 0.3 is 0 Å². The molecular weight excluding hydrogens is 318 g/mol. The van der Waals surface area contributed by atoms with Crippen molar-refractivity contribution in [3.8, 4) is 5.75 Å². The molecule has 2 N–H and O–H groups in total. The smallest absolute Gasteiger partial charge is 0.137 e. The molecule has 5 heteroatoms. The first-order valence-electron chi connectivity index (χ1n) is 8.46. The lowest BCUT2D eigenvalue weighted by atomic mass is 10.1. The van der Waals surface area contributed by atoms with E-state index in [4.69, 9.17) is 4.99 Å². The van der Waals surface area contributed by atoms with Crippen molar-refractivity contribution in [2.45, 2.75) is 23.6 Å². The van der Waals surface area contributed by atoms with E-state index in [-0.39, 0.29) is 5.75 Å². The topological polar surface area (TPSA) is 47.9 Å². The van der Waals surface area contributed by atoms with Gasteiger partial charge in [0.25, 0.3) is 0 Å². The summed E-state index contributed by atoms with van der Waals surface area (Å²) >= 11 is 1.67. The second kappa shape index (κ2) is 7.73. The Bertz CT molecular complexity index is 739. The van der Waals surface area contributed by atoms with E-state index in [0.717, 1.165) is 42.6 Å². The largest absolute Gasteiger partial charge is 0.508 e. The first-order valence-corrected chi connectivity index (χ1v) is 9.27. The lowest BCUT2D eigenvalue weighted by Crippen LogP contribution is -2.46. The molecule has 0 radical (unpaired) electrons. The molecule has 0 atom stereocenters. The predicted octanol–water partition coefficient (Wildman–Crippen LogP) is 3.87. The molecule has 2 aromatic carbocycles. The third-order valence-electron chi connectivity index (χ3n) is 3.93. The second-order valence-corrected chi connectivity index (χ2v) is 6.51. The molecule has 4 rings (SSSR count). The van der Waals surface area contributed by atoms with Crippen LogP contribution >= 0.6 is 11.8 Å². The van der Waals surface area contributed by atoms with Gasteiger partial charge in [-0.25, -0.2) is 4.99 Å². The molecule has 0 aromatic heterocycles. The van der Waals surface area contributed by atoms with Gasteiger partial charge in [0.2, 0.25) is 0 Å². The molecule has 0 aliphatic carbocycles. The summed E-state index contributed by atoms with van der Waals surface area (Å²) in [6.45, 7) is 7.89. The molecule has 2 aliphatic rings. The Morgan fingerprint density at radius 1 is 1.04 bits per heavy atom. The molecule has 0 spiro atoms. The highest BCUT2D eigenvalue weighted by Crippen LogP contribution is 2.42. The van der Waals surface area contributed by atoms with Gasteiger partial charge in [0, 0.05) is 41.5 Å². The number of rotatable bonds is 0. The van der Waals surface area contributed by atoms with Gasteiger partial charge < -0.3 is 15.3 Å². The van der Waals surface area contributed by atoms with Crippen LogP contribution in [0.5, 0.6) is 5.75 Å². The van der Waals surface area contributed by atoms with E-state index in [2.05, 4.69) is 34.5 Å². The first kappa shape index (κ1) is 16.9. The Balaban J connectivity index is 0.000000815. The van der Waals surface area contributed by atoms with Gasteiger partial charge in [0.05, 0.1) is 5.69 Å². The Morgan fingerprint density at radius 3 is 2.58 bits per heavy atom. The van der Waals surface area contributed by atoms with Crippen LogP contribution in [0.25, 0.3) is 0 Å². The monoisotopic (exact) mass is 341 g/mol. The van der Waals surface area contributed by atoms with Crippen molar-refractivity contribution >= 4 is 23.3 Å². The van der Waals surface area contributed by atoms with Crippen molar-refractivity contribution in [3.63, 3.8) is 0 Å². The minimum atomic E-state index is 0.282. The Kier molecular flexibility index (Phi) is 5.43. The van der Waals surface area contributed by atoms with Crippen molar-refractivity contribution in [1.82, 2.24) is 10.2 Å². The summed E-state index contributed by atoms with van der Waals surface area (Å²) < 4.78 is 0. The van der Waals surface area contributed by atoms with E-state index >= 15 is 0 Å². The number of piperazine rings is 1. The van der Waals surface area contributed by atoms with Gasteiger partial charge in [-0.15, -0.1) is 0 Å². The van der Waals surface area contributed by atoms with Crippen LogP contribution in [0.3, 0.4) is 0 Å². The highest BCUT2D eigenvalue weighted by Gasteiger charge is 2.22. The molecule has 2 aliphatic heterocycles. The number of hydrogen-bond donors (Lipinski definition) is 2. The van der Waals surface area contributed by atoms with E-state index < -0.39 is 0 Å². The van der Waals surface area contributed by atoms with Crippen LogP contribution in [0.1, 0.15) is 19.4 Å². The molecule has 0 amide bonds. The number of fused-ring (bicyclic) bond motifs is 2. The number of phenolic OH excluding ortho intramolecular Hbond substituents is 1. The zero-order valence-corrected chi connectivity index (χ0v) is 14.9. The molecule has 126 valence electrons. The number of phenols is 1. The standard InChI is InChI=1S/C17H17N3OS.C2H6/c21-12-5-6-14-16(11-12)22-15-4-2-1-3-13(15)17(19-14)20-9-7-18-8-10-20;1-2/h1-6,11,18,21H,7-10H2;1-2H3. The van der Waals surface area contributed by atoms with Crippen LogP contribution in [-0.2, 0) is 0 Å². The van der Waals surface area contributed by atoms with E-state index in [1.54, 1.807) is 23.9 Å². The molecule has 0 saturated carbocycles. The summed E-state index contributed by atoms with van der Waals surface area (Å²) in [5.41, 5.74) is 2.10. The lowest BCUT2D eigenvalue weighted by Gasteiger charge is -2.30. The number of amidine groups is 1. The van der Waals surface area contributed by atoms with Crippen molar-refractivity contribution in [2.24, 2.45) is 4.99 Å². The van der Waals surface area contributed by atoms with Crippen LogP contribution in [-0.4, -0.2) is 42.0 Å². The molecule has 0 unspecified atom stereocenters. The zero-order chi connectivity index (χ0) is 16.9. The van der Waals surface area contributed by atoms with Crippen LogP contribution < -0.4 is 5.32 Å². The lowest BCUT2D eigenvalue weighted by molar-refractivity contribution is 0.358. The first-order chi connectivity index (χ1) is 11.8. The molecule has 1 fully saturated rings. The van der Waals surface area contributed by atoms with Gasteiger partial charge in [-0.3, -0.25) is 0 Å². The van der Waals surface area contributed by atoms with Crippen molar-refractivity contribution in [1.29, 1.82) is 0 Å². The van der Waals surface area contributed by atoms with Crippen molar-refractivity contribution in [2.75, 3.05) is 26.2 Å². The average Bonchev–Trinajstić information content (AvgIpc) is 2.80. The summed E-state index contributed by atoms with van der Waals surface area (Å²) in [7, 11) is 0. The molecular formula is C19H23N3OS. The minimum Gasteiger partial charge on any atom is -0.508 e. The number of hydrogen-bond acceptors (Lipinski definition) is 5. The zero-order valence-electron chi connectivity index (χ0n) is 14.1. The fraction of sp³-hybridized carbons (Fsp3) is 0.316. The number of aliphatic imine (C=N–C) groups is 1.